The quantitative estimate of drug-likeness (QED) is 0.392. The highest BCUT2D eigenvalue weighted by atomic mass is 16.5. The molecule has 90 valence electrons. The Balaban J connectivity index is 3.73. The first-order valence-electron chi connectivity index (χ1n) is 5.01. The summed E-state index contributed by atoms with van der Waals surface area (Å²) in [6.45, 7) is 2.37. The molecule has 0 spiro atoms. The molecule has 0 radical (unpaired) electrons. The van der Waals surface area contributed by atoms with Gasteiger partial charge in [-0.3, -0.25) is 10.1 Å². The van der Waals surface area contributed by atoms with E-state index in [4.69, 9.17) is 10.5 Å². The van der Waals surface area contributed by atoms with Gasteiger partial charge in [-0.05, 0) is 6.42 Å². The van der Waals surface area contributed by atoms with Gasteiger partial charge in [-0.1, -0.05) is 19.8 Å². The Morgan fingerprint density at radius 2 is 1.94 bits per heavy atom. The van der Waals surface area contributed by atoms with Gasteiger partial charge < -0.3 is 10.5 Å². The van der Waals surface area contributed by atoms with E-state index in [9.17, 15) is 14.4 Å². The molecule has 0 atom stereocenters. The van der Waals surface area contributed by atoms with Crippen LogP contribution in [0.25, 0.3) is 0 Å². The Hall–Kier alpha value is -1.85. The van der Waals surface area contributed by atoms with Crippen molar-refractivity contribution in [2.45, 2.75) is 26.2 Å². The van der Waals surface area contributed by atoms with Crippen LogP contribution in [0.2, 0.25) is 0 Å². The van der Waals surface area contributed by atoms with Crippen molar-refractivity contribution >= 4 is 17.9 Å². The third-order valence-corrected chi connectivity index (χ3v) is 1.61. The summed E-state index contributed by atoms with van der Waals surface area (Å²) < 4.78 is 4.78. The molecule has 6 nitrogen and oxygen atoms in total. The van der Waals surface area contributed by atoms with Crippen LogP contribution in [0.5, 0.6) is 0 Å². The van der Waals surface area contributed by atoms with Gasteiger partial charge in [0.2, 0.25) is 0 Å². The van der Waals surface area contributed by atoms with E-state index >= 15 is 0 Å². The van der Waals surface area contributed by atoms with Crippen LogP contribution in [0.3, 0.4) is 0 Å². The Morgan fingerprint density at radius 3 is 2.50 bits per heavy atom. The van der Waals surface area contributed by atoms with Crippen molar-refractivity contribution in [3.8, 4) is 0 Å². The molecule has 0 unspecified atom stereocenters. The standard InChI is InChI=1S/C10H16N2O4/c1-2-3-4-7-16-9(14)6-5-8(13)12-10(11)15/h5-6H,2-4,7H2,1H3,(H3,11,12,13,15)/b6-5-. The highest BCUT2D eigenvalue weighted by molar-refractivity contribution is 6.02. The highest BCUT2D eigenvalue weighted by Crippen LogP contribution is 1.94. The number of esters is 1. The van der Waals surface area contributed by atoms with E-state index in [1.165, 1.54) is 0 Å². The fraction of sp³-hybridized carbons (Fsp3) is 0.500. The predicted molar refractivity (Wildman–Crippen MR) is 57.4 cm³/mol. The Kier molecular flexibility index (Phi) is 7.48. The summed E-state index contributed by atoms with van der Waals surface area (Å²) >= 11 is 0. The van der Waals surface area contributed by atoms with E-state index in [0.29, 0.717) is 6.61 Å². The molecule has 3 amide bonds. The number of nitrogens with one attached hydrogen (secondary N) is 1. The van der Waals surface area contributed by atoms with Crippen molar-refractivity contribution in [3.05, 3.63) is 12.2 Å². The molecule has 6 heteroatoms. The lowest BCUT2D eigenvalue weighted by Crippen LogP contribution is -2.33. The molecule has 0 aliphatic rings. The van der Waals surface area contributed by atoms with Crippen LogP contribution in [-0.4, -0.2) is 24.5 Å². The van der Waals surface area contributed by atoms with Crippen LogP contribution in [0.1, 0.15) is 26.2 Å². The minimum Gasteiger partial charge on any atom is -0.463 e. The molecule has 0 fully saturated rings. The van der Waals surface area contributed by atoms with Crippen LogP contribution in [0.15, 0.2) is 12.2 Å². The zero-order chi connectivity index (χ0) is 12.4. The molecule has 0 aliphatic carbocycles. The van der Waals surface area contributed by atoms with Gasteiger partial charge in [-0.25, -0.2) is 9.59 Å². The van der Waals surface area contributed by atoms with Crippen molar-refractivity contribution in [1.29, 1.82) is 0 Å². The first kappa shape index (κ1) is 14.2. The molecule has 0 bridgehead atoms. The fourth-order valence-corrected chi connectivity index (χ4v) is 0.880. The zero-order valence-electron chi connectivity index (χ0n) is 9.19. The van der Waals surface area contributed by atoms with Crippen LogP contribution >= 0.6 is 0 Å². The number of nitrogens with two attached hydrogens (primary N) is 1. The second kappa shape index (κ2) is 8.46. The maximum atomic E-state index is 11.0. The molecule has 16 heavy (non-hydrogen) atoms. The van der Waals surface area contributed by atoms with Crippen LogP contribution < -0.4 is 11.1 Å². The molecule has 0 rings (SSSR count). The largest absolute Gasteiger partial charge is 0.463 e. The summed E-state index contributed by atoms with van der Waals surface area (Å²) in [5, 5.41) is 1.78. The smallest absolute Gasteiger partial charge is 0.330 e. The molecule has 0 saturated heterocycles. The summed E-state index contributed by atoms with van der Waals surface area (Å²) in [7, 11) is 0. The van der Waals surface area contributed by atoms with Crippen LogP contribution in [0, 0.1) is 0 Å². The average molecular weight is 228 g/mol. The monoisotopic (exact) mass is 228 g/mol. The lowest BCUT2D eigenvalue weighted by molar-refractivity contribution is -0.138. The van der Waals surface area contributed by atoms with E-state index in [1.54, 1.807) is 5.32 Å². The first-order valence-corrected chi connectivity index (χ1v) is 5.01. The van der Waals surface area contributed by atoms with Crippen molar-refractivity contribution in [3.63, 3.8) is 0 Å². The maximum absolute atomic E-state index is 11.0. The van der Waals surface area contributed by atoms with Gasteiger partial charge in [0.1, 0.15) is 0 Å². The van der Waals surface area contributed by atoms with Crippen molar-refractivity contribution in [2.24, 2.45) is 5.73 Å². The molecule has 0 aromatic heterocycles. The number of urea groups is 1. The third-order valence-electron chi connectivity index (χ3n) is 1.61. The Labute approximate surface area is 93.8 Å². The molecular weight excluding hydrogens is 212 g/mol. The first-order chi connectivity index (χ1) is 7.56. The highest BCUT2D eigenvalue weighted by Gasteiger charge is 2.01. The third kappa shape index (κ3) is 8.74. The van der Waals surface area contributed by atoms with E-state index in [0.717, 1.165) is 31.4 Å². The van der Waals surface area contributed by atoms with E-state index in [2.05, 4.69) is 0 Å². The summed E-state index contributed by atoms with van der Waals surface area (Å²) in [6.07, 6.45) is 4.66. The number of unbranched alkanes of at least 4 members (excludes halogenated alkanes) is 2. The van der Waals surface area contributed by atoms with Crippen molar-refractivity contribution in [1.82, 2.24) is 5.32 Å². The number of carbonyl (C=O) groups is 3. The van der Waals surface area contributed by atoms with E-state index in [-0.39, 0.29) is 0 Å². The Morgan fingerprint density at radius 1 is 1.25 bits per heavy atom. The van der Waals surface area contributed by atoms with Gasteiger partial charge >= 0.3 is 12.0 Å². The number of carbonyl (C=O) groups excluding carboxylic acids is 3. The summed E-state index contributed by atoms with van der Waals surface area (Å²) in [6, 6.07) is -0.967. The van der Waals surface area contributed by atoms with Crippen molar-refractivity contribution in [2.75, 3.05) is 6.61 Å². The molecule has 0 aromatic carbocycles. The lowest BCUT2D eigenvalue weighted by Gasteiger charge is -2.00. The fourth-order valence-electron chi connectivity index (χ4n) is 0.880. The maximum Gasteiger partial charge on any atom is 0.330 e. The molecular formula is C10H16N2O4. The summed E-state index contributed by atoms with van der Waals surface area (Å²) in [4.78, 5) is 32.1. The van der Waals surface area contributed by atoms with Gasteiger partial charge in [-0.15, -0.1) is 0 Å². The van der Waals surface area contributed by atoms with Gasteiger partial charge in [0.25, 0.3) is 5.91 Å². The molecule has 0 aliphatic heterocycles. The average Bonchev–Trinajstić information content (AvgIpc) is 2.20. The summed E-state index contributed by atoms with van der Waals surface area (Å²) in [5.41, 5.74) is 4.69. The predicted octanol–water partition coefficient (Wildman–Crippen LogP) is 0.471. The van der Waals surface area contributed by atoms with E-state index < -0.39 is 17.9 Å². The number of amides is 3. The minimum atomic E-state index is -0.967. The number of imide groups is 1. The second-order valence-corrected chi connectivity index (χ2v) is 3.06. The molecule has 0 aromatic rings. The van der Waals surface area contributed by atoms with Gasteiger partial charge in [-0.2, -0.15) is 0 Å². The second-order valence-electron chi connectivity index (χ2n) is 3.06. The van der Waals surface area contributed by atoms with Gasteiger partial charge in [0.15, 0.2) is 0 Å². The van der Waals surface area contributed by atoms with Crippen LogP contribution in [0.4, 0.5) is 4.79 Å². The molecule has 0 saturated carbocycles. The number of hydrogen-bond donors (Lipinski definition) is 2. The molecule has 3 N–H and O–H groups in total. The normalized spacial score (nSPS) is 10.1. The topological polar surface area (TPSA) is 98.5 Å². The SMILES string of the molecule is CCCCCOC(=O)/C=C\C(=O)NC(N)=O. The minimum absolute atomic E-state index is 0.328. The van der Waals surface area contributed by atoms with Gasteiger partial charge in [0.05, 0.1) is 6.61 Å². The van der Waals surface area contributed by atoms with Crippen LogP contribution in [-0.2, 0) is 14.3 Å². The van der Waals surface area contributed by atoms with E-state index in [1.807, 2.05) is 6.92 Å². The number of ether oxygens (including phenoxy) is 1. The Bertz CT molecular complexity index is 287. The number of hydrogen-bond acceptors (Lipinski definition) is 4. The zero-order valence-corrected chi connectivity index (χ0v) is 9.19. The lowest BCUT2D eigenvalue weighted by atomic mass is 10.3. The molecule has 0 heterocycles. The van der Waals surface area contributed by atoms with Crippen molar-refractivity contribution < 1.29 is 19.1 Å². The summed E-state index contributed by atoms with van der Waals surface area (Å²) in [5.74, 6) is -1.37. The number of rotatable bonds is 6. The van der Waals surface area contributed by atoms with Gasteiger partial charge in [0, 0.05) is 12.2 Å². The number of primary amides is 1.